The third-order valence-corrected chi connectivity index (χ3v) is 8.52. The largest absolute Gasteiger partial charge is 0.326 e. The van der Waals surface area contributed by atoms with Gasteiger partial charge in [-0.25, -0.2) is 9.37 Å². The molecule has 3 aromatic rings. The average Bonchev–Trinajstić information content (AvgIpc) is 3.38. The first-order chi connectivity index (χ1) is 18.6. The molecule has 3 aliphatic rings. The molecule has 1 aromatic heterocycles. The number of hydrogen-bond donors (Lipinski definition) is 2. The third-order valence-electron chi connectivity index (χ3n) is 8.31. The zero-order valence-electron chi connectivity index (χ0n) is 21.7. The van der Waals surface area contributed by atoms with Crippen molar-refractivity contribution in [3.05, 3.63) is 87.8 Å². The van der Waals surface area contributed by atoms with Gasteiger partial charge in [-0.05, 0) is 78.8 Å². The van der Waals surface area contributed by atoms with E-state index in [0.29, 0.717) is 42.8 Å². The zero-order valence-corrected chi connectivity index (χ0v) is 22.4. The summed E-state index contributed by atoms with van der Waals surface area (Å²) in [7, 11) is 0. The second kappa shape index (κ2) is 9.16. The molecule has 0 radical (unpaired) electrons. The first-order valence-corrected chi connectivity index (χ1v) is 13.4. The Morgan fingerprint density at radius 1 is 1.15 bits per heavy atom. The van der Waals surface area contributed by atoms with E-state index in [1.165, 1.54) is 17.0 Å². The van der Waals surface area contributed by atoms with Crippen LogP contribution in [0.25, 0.3) is 0 Å². The van der Waals surface area contributed by atoms with E-state index >= 15 is 0 Å². The van der Waals surface area contributed by atoms with Crippen LogP contribution in [0.15, 0.2) is 54.7 Å². The number of likely N-dealkylation sites (tertiary alicyclic amines) is 1. The first kappa shape index (κ1) is 25.5. The number of anilines is 2. The Morgan fingerprint density at radius 2 is 1.95 bits per heavy atom. The molecule has 3 amide bonds. The number of fused-ring (bicyclic) bond motifs is 3. The predicted octanol–water partition coefficient (Wildman–Crippen LogP) is 5.19. The van der Waals surface area contributed by atoms with Crippen molar-refractivity contribution in [3.8, 4) is 0 Å². The number of amides is 3. The molecule has 0 saturated carbocycles. The van der Waals surface area contributed by atoms with E-state index in [2.05, 4.69) is 15.6 Å². The van der Waals surface area contributed by atoms with Crippen molar-refractivity contribution in [2.45, 2.75) is 51.0 Å². The maximum Gasteiger partial charge on any atom is 0.244 e. The Hall–Kier alpha value is -3.78. The summed E-state index contributed by atoms with van der Waals surface area (Å²) in [5, 5.41) is 6.08. The third kappa shape index (κ3) is 4.36. The summed E-state index contributed by atoms with van der Waals surface area (Å²) in [6.07, 6.45) is 3.94. The van der Waals surface area contributed by atoms with Gasteiger partial charge in [0.1, 0.15) is 18.2 Å². The van der Waals surface area contributed by atoms with Crippen LogP contribution in [-0.2, 0) is 32.6 Å². The van der Waals surface area contributed by atoms with E-state index in [1.807, 2.05) is 44.2 Å². The minimum absolute atomic E-state index is 0.0623. The molecule has 2 atom stereocenters. The number of nitrogens with zero attached hydrogens (tertiary/aromatic N) is 2. The Labute approximate surface area is 230 Å². The molecule has 2 aliphatic heterocycles. The molecule has 39 heavy (non-hydrogen) atoms. The highest BCUT2D eigenvalue weighted by Gasteiger charge is 2.51. The van der Waals surface area contributed by atoms with Crippen molar-refractivity contribution in [1.82, 2.24) is 9.88 Å². The fourth-order valence-electron chi connectivity index (χ4n) is 6.29. The normalized spacial score (nSPS) is 23.0. The molecule has 2 aromatic carbocycles. The number of halogens is 2. The number of carbonyl (C=O) groups is 3. The molecule has 1 spiro atoms. The summed E-state index contributed by atoms with van der Waals surface area (Å²) < 4.78 is 14.1. The molecule has 1 saturated heterocycles. The molecule has 7 nitrogen and oxygen atoms in total. The van der Waals surface area contributed by atoms with Crippen molar-refractivity contribution in [2.24, 2.45) is 5.41 Å². The number of hydrogen-bond acceptors (Lipinski definition) is 4. The van der Waals surface area contributed by atoms with Crippen LogP contribution in [0.4, 0.5) is 15.9 Å². The second-order valence-corrected chi connectivity index (χ2v) is 11.8. The van der Waals surface area contributed by atoms with Crippen LogP contribution in [0.3, 0.4) is 0 Å². The summed E-state index contributed by atoms with van der Waals surface area (Å²) in [6.45, 7) is 3.54. The topological polar surface area (TPSA) is 91.4 Å². The van der Waals surface area contributed by atoms with Crippen LogP contribution in [0.1, 0.15) is 55.0 Å². The number of pyridine rings is 1. The number of carbonyl (C=O) groups excluding carboxylic acids is 3. The van der Waals surface area contributed by atoms with Gasteiger partial charge in [0, 0.05) is 27.9 Å². The summed E-state index contributed by atoms with van der Waals surface area (Å²) >= 11 is 6.10. The highest BCUT2D eigenvalue weighted by Crippen LogP contribution is 2.47. The lowest BCUT2D eigenvalue weighted by molar-refractivity contribution is -0.150. The van der Waals surface area contributed by atoms with Crippen molar-refractivity contribution >= 4 is 40.8 Å². The minimum Gasteiger partial charge on any atom is -0.326 e. The molecule has 2 N–H and O–H groups in total. The highest BCUT2D eigenvalue weighted by atomic mass is 35.5. The van der Waals surface area contributed by atoms with E-state index in [4.69, 9.17) is 11.6 Å². The lowest BCUT2D eigenvalue weighted by Crippen LogP contribution is -2.50. The van der Waals surface area contributed by atoms with Gasteiger partial charge in [-0.15, -0.1) is 0 Å². The molecule has 1 aliphatic carbocycles. The van der Waals surface area contributed by atoms with Crippen molar-refractivity contribution in [3.63, 3.8) is 0 Å². The number of nitrogens with one attached hydrogen (secondary N) is 2. The van der Waals surface area contributed by atoms with Crippen molar-refractivity contribution < 1.29 is 18.8 Å². The van der Waals surface area contributed by atoms with Gasteiger partial charge in [-0.2, -0.15) is 0 Å². The second-order valence-electron chi connectivity index (χ2n) is 11.4. The summed E-state index contributed by atoms with van der Waals surface area (Å²) in [5.41, 5.74) is 2.77. The maximum atomic E-state index is 14.1. The number of aromatic nitrogens is 1. The van der Waals surface area contributed by atoms with Gasteiger partial charge in [-0.1, -0.05) is 37.6 Å². The van der Waals surface area contributed by atoms with Gasteiger partial charge in [0.05, 0.1) is 11.5 Å². The van der Waals surface area contributed by atoms with Gasteiger partial charge < -0.3 is 15.5 Å². The Morgan fingerprint density at radius 3 is 2.74 bits per heavy atom. The Bertz CT molecular complexity index is 1520. The van der Waals surface area contributed by atoms with E-state index in [0.717, 1.165) is 16.7 Å². The highest BCUT2D eigenvalue weighted by molar-refractivity contribution is 6.30. The molecule has 200 valence electrons. The molecule has 3 heterocycles. The molecule has 9 heteroatoms. The fourth-order valence-corrected chi connectivity index (χ4v) is 6.52. The standard InChI is InChI=1S/C30H28ClFN4O3/c1-29(2)8-7-24(18-10-20(31)13-21(32)11-18)36(28(29)39)16-25(37)34-22-6-5-17-14-30(15-19(17)12-22)23-4-3-9-33-26(23)35-27(30)38/h3-6,9-13,24H,7-8,14-16H2,1-2H3,(H,34,37)(H,33,35,38)/t24-,30?/m0/s1. The van der Waals surface area contributed by atoms with Crippen LogP contribution < -0.4 is 10.6 Å². The summed E-state index contributed by atoms with van der Waals surface area (Å²) in [6, 6.07) is 13.2. The van der Waals surface area contributed by atoms with E-state index < -0.39 is 22.7 Å². The van der Waals surface area contributed by atoms with Gasteiger partial charge in [0.25, 0.3) is 0 Å². The minimum atomic E-state index is -0.695. The monoisotopic (exact) mass is 546 g/mol. The van der Waals surface area contributed by atoms with Crippen LogP contribution in [-0.4, -0.2) is 34.2 Å². The van der Waals surface area contributed by atoms with Gasteiger partial charge >= 0.3 is 0 Å². The SMILES string of the molecule is CC1(C)CC[C@@H](c2cc(F)cc(Cl)c2)N(CC(=O)Nc2ccc3c(c2)CC2(C3)C(=O)Nc3ncccc32)C1=O. The summed E-state index contributed by atoms with van der Waals surface area (Å²) in [4.78, 5) is 45.5. The van der Waals surface area contributed by atoms with E-state index in [9.17, 15) is 18.8 Å². The molecule has 1 unspecified atom stereocenters. The van der Waals surface area contributed by atoms with Crippen LogP contribution >= 0.6 is 11.6 Å². The summed E-state index contributed by atoms with van der Waals surface area (Å²) in [5.74, 6) is -0.455. The van der Waals surface area contributed by atoms with Crippen LogP contribution in [0.2, 0.25) is 5.02 Å². The van der Waals surface area contributed by atoms with Crippen molar-refractivity contribution in [2.75, 3.05) is 17.2 Å². The zero-order chi connectivity index (χ0) is 27.5. The quantitative estimate of drug-likeness (QED) is 0.471. The fraction of sp³-hybridized carbons (Fsp3) is 0.333. The van der Waals surface area contributed by atoms with Gasteiger partial charge in [0.2, 0.25) is 17.7 Å². The van der Waals surface area contributed by atoms with E-state index in [-0.39, 0.29) is 29.3 Å². The molecular weight excluding hydrogens is 519 g/mol. The molecule has 0 bridgehead atoms. The van der Waals surface area contributed by atoms with Gasteiger partial charge in [0.15, 0.2) is 0 Å². The maximum absolute atomic E-state index is 14.1. The molecular formula is C30H28ClFN4O3. The van der Waals surface area contributed by atoms with Crippen LogP contribution in [0, 0.1) is 11.2 Å². The lowest BCUT2D eigenvalue weighted by Gasteiger charge is -2.43. The van der Waals surface area contributed by atoms with Crippen molar-refractivity contribution in [1.29, 1.82) is 0 Å². The number of piperidine rings is 1. The number of benzene rings is 2. The Kier molecular flexibility index (Phi) is 5.99. The van der Waals surface area contributed by atoms with Gasteiger partial charge in [-0.3, -0.25) is 14.4 Å². The smallest absolute Gasteiger partial charge is 0.244 e. The predicted molar refractivity (Wildman–Crippen MR) is 146 cm³/mol. The number of rotatable bonds is 4. The molecule has 6 rings (SSSR count). The Balaban J connectivity index is 1.22. The van der Waals surface area contributed by atoms with E-state index in [1.54, 1.807) is 12.3 Å². The lowest BCUT2D eigenvalue weighted by atomic mass is 9.78. The molecule has 1 fully saturated rings. The van der Waals surface area contributed by atoms with Crippen LogP contribution in [0.5, 0.6) is 0 Å². The first-order valence-electron chi connectivity index (χ1n) is 13.0. The average molecular weight is 547 g/mol.